The number of likely N-dealkylation sites (tertiary alicyclic amines) is 1. The molecular formula is C19H24N4O3. The lowest BCUT2D eigenvalue weighted by Gasteiger charge is -2.38. The van der Waals surface area contributed by atoms with E-state index in [0.29, 0.717) is 24.4 Å². The summed E-state index contributed by atoms with van der Waals surface area (Å²) in [6.45, 7) is 0.519. The molecule has 2 aromatic heterocycles. The van der Waals surface area contributed by atoms with Gasteiger partial charge in [0.2, 0.25) is 5.91 Å². The molecule has 26 heavy (non-hydrogen) atoms. The van der Waals surface area contributed by atoms with E-state index in [1.54, 1.807) is 28.1 Å². The van der Waals surface area contributed by atoms with Crippen LogP contribution >= 0.6 is 0 Å². The molecule has 1 aliphatic carbocycles. The average molecular weight is 356 g/mol. The first kappa shape index (κ1) is 16.9. The van der Waals surface area contributed by atoms with Gasteiger partial charge in [0.25, 0.3) is 5.91 Å². The highest BCUT2D eigenvalue weighted by Gasteiger charge is 2.36. The highest BCUT2D eigenvalue weighted by atomic mass is 16.3. The lowest BCUT2D eigenvalue weighted by Crippen LogP contribution is -2.44. The van der Waals surface area contributed by atoms with Crippen molar-refractivity contribution in [1.82, 2.24) is 20.0 Å². The Kier molecular flexibility index (Phi) is 4.30. The van der Waals surface area contributed by atoms with Gasteiger partial charge in [0, 0.05) is 50.7 Å². The summed E-state index contributed by atoms with van der Waals surface area (Å²) in [4.78, 5) is 26.6. The van der Waals surface area contributed by atoms with Gasteiger partial charge >= 0.3 is 0 Å². The number of aryl methyl sites for hydroxylation is 1. The van der Waals surface area contributed by atoms with Crippen LogP contribution < -0.4 is 5.32 Å². The van der Waals surface area contributed by atoms with Crippen LogP contribution in [0.2, 0.25) is 0 Å². The van der Waals surface area contributed by atoms with E-state index in [9.17, 15) is 9.59 Å². The van der Waals surface area contributed by atoms with Crippen molar-refractivity contribution in [3.8, 4) is 0 Å². The number of nitrogens with one attached hydrogen (secondary N) is 1. The van der Waals surface area contributed by atoms with Gasteiger partial charge in [0.1, 0.15) is 5.76 Å². The maximum Gasteiger partial charge on any atom is 0.254 e. The summed E-state index contributed by atoms with van der Waals surface area (Å²) < 4.78 is 7.24. The fourth-order valence-corrected chi connectivity index (χ4v) is 3.91. The summed E-state index contributed by atoms with van der Waals surface area (Å²) in [7, 11) is 3.69. The lowest BCUT2D eigenvalue weighted by atomic mass is 9.85. The Labute approximate surface area is 152 Å². The molecule has 1 saturated carbocycles. The van der Waals surface area contributed by atoms with Crippen molar-refractivity contribution in [1.29, 1.82) is 0 Å². The van der Waals surface area contributed by atoms with Gasteiger partial charge in [-0.1, -0.05) is 0 Å². The molecule has 1 N–H and O–H groups in total. The summed E-state index contributed by atoms with van der Waals surface area (Å²) in [6, 6.07) is 1.68. The van der Waals surface area contributed by atoms with Gasteiger partial charge < -0.3 is 14.6 Å². The molecule has 4 rings (SSSR count). The number of nitrogens with zero attached hydrogens (tertiary/aromatic N) is 3. The molecule has 2 aliphatic rings. The molecule has 2 amide bonds. The van der Waals surface area contributed by atoms with Crippen LogP contribution in [0.1, 0.15) is 59.3 Å². The number of hydrogen-bond donors (Lipinski definition) is 1. The van der Waals surface area contributed by atoms with Crippen molar-refractivity contribution in [2.45, 2.75) is 37.6 Å². The second kappa shape index (κ2) is 6.63. The monoisotopic (exact) mass is 356 g/mol. The Morgan fingerprint density at radius 1 is 1.35 bits per heavy atom. The van der Waals surface area contributed by atoms with Crippen LogP contribution in [0.4, 0.5) is 0 Å². The summed E-state index contributed by atoms with van der Waals surface area (Å²) in [5.41, 5.74) is 1.65. The Morgan fingerprint density at radius 2 is 2.15 bits per heavy atom. The molecule has 2 aromatic rings. The predicted octanol–water partition coefficient (Wildman–Crippen LogP) is 2.23. The number of piperidine rings is 1. The molecule has 3 heterocycles. The van der Waals surface area contributed by atoms with E-state index in [2.05, 4.69) is 10.4 Å². The minimum Gasteiger partial charge on any atom is -0.468 e. The maximum atomic E-state index is 12.6. The van der Waals surface area contributed by atoms with E-state index in [0.717, 1.165) is 30.6 Å². The van der Waals surface area contributed by atoms with Crippen molar-refractivity contribution in [3.63, 3.8) is 0 Å². The zero-order chi connectivity index (χ0) is 18.3. The van der Waals surface area contributed by atoms with Crippen molar-refractivity contribution in [3.05, 3.63) is 41.6 Å². The molecule has 0 spiro atoms. The third kappa shape index (κ3) is 3.13. The molecule has 1 saturated heterocycles. The topological polar surface area (TPSA) is 80.4 Å². The summed E-state index contributed by atoms with van der Waals surface area (Å²) in [5, 5.41) is 7.29. The van der Waals surface area contributed by atoms with Crippen molar-refractivity contribution < 1.29 is 14.0 Å². The first-order valence-electron chi connectivity index (χ1n) is 9.14. The SMILES string of the molecule is CN1C(=O)CC[C@H](CNC(=O)c2ccoc2C2CC2)[C@H]1c1cnn(C)c1. The van der Waals surface area contributed by atoms with Gasteiger partial charge in [0.05, 0.1) is 24.1 Å². The molecule has 2 fully saturated rings. The van der Waals surface area contributed by atoms with E-state index < -0.39 is 0 Å². The molecule has 0 aromatic carbocycles. The Hall–Kier alpha value is -2.57. The largest absolute Gasteiger partial charge is 0.468 e. The standard InChI is InChI=1S/C19H24N4O3/c1-22-11-14(10-21-22)17-13(5-6-16(24)23(17)2)9-20-19(25)15-7-8-26-18(15)12-3-4-12/h7-8,10-13,17H,3-6,9H2,1-2H3,(H,20,25)/t13-,17+/m1/s1. The highest BCUT2D eigenvalue weighted by molar-refractivity contribution is 5.95. The third-order valence-corrected chi connectivity index (χ3v) is 5.47. The fraction of sp³-hybridized carbons (Fsp3) is 0.526. The molecule has 0 radical (unpaired) electrons. The van der Waals surface area contributed by atoms with E-state index in [1.165, 1.54) is 0 Å². The van der Waals surface area contributed by atoms with E-state index in [4.69, 9.17) is 4.42 Å². The van der Waals surface area contributed by atoms with Crippen LogP contribution in [0.5, 0.6) is 0 Å². The maximum absolute atomic E-state index is 12.6. The van der Waals surface area contributed by atoms with Gasteiger partial charge in [-0.25, -0.2) is 0 Å². The van der Waals surface area contributed by atoms with Crippen molar-refractivity contribution in [2.24, 2.45) is 13.0 Å². The number of amides is 2. The second-order valence-corrected chi connectivity index (χ2v) is 7.38. The molecular weight excluding hydrogens is 332 g/mol. The van der Waals surface area contributed by atoms with Crippen LogP contribution in [-0.2, 0) is 11.8 Å². The van der Waals surface area contributed by atoms with Gasteiger partial charge in [-0.05, 0) is 25.3 Å². The number of carbonyl (C=O) groups excluding carboxylic acids is 2. The van der Waals surface area contributed by atoms with E-state index in [1.807, 2.05) is 20.3 Å². The first-order chi connectivity index (χ1) is 12.5. The normalized spacial score (nSPS) is 23.3. The van der Waals surface area contributed by atoms with Crippen molar-refractivity contribution >= 4 is 11.8 Å². The van der Waals surface area contributed by atoms with Crippen LogP contribution in [0.25, 0.3) is 0 Å². The molecule has 1 aliphatic heterocycles. The molecule has 7 nitrogen and oxygen atoms in total. The number of aromatic nitrogens is 2. The lowest BCUT2D eigenvalue weighted by molar-refractivity contribution is -0.136. The smallest absolute Gasteiger partial charge is 0.254 e. The second-order valence-electron chi connectivity index (χ2n) is 7.38. The molecule has 0 bridgehead atoms. The van der Waals surface area contributed by atoms with Crippen LogP contribution in [0, 0.1) is 5.92 Å². The fourth-order valence-electron chi connectivity index (χ4n) is 3.91. The minimum atomic E-state index is -0.0925. The Balaban J connectivity index is 1.47. The van der Waals surface area contributed by atoms with Crippen LogP contribution in [0.3, 0.4) is 0 Å². The highest BCUT2D eigenvalue weighted by Crippen LogP contribution is 2.42. The summed E-state index contributed by atoms with van der Waals surface area (Å²) in [6.07, 6.45) is 8.77. The van der Waals surface area contributed by atoms with Gasteiger partial charge in [-0.15, -0.1) is 0 Å². The first-order valence-corrected chi connectivity index (χ1v) is 9.14. The molecule has 7 heteroatoms. The number of rotatable bonds is 5. The minimum absolute atomic E-state index is 0.0718. The number of carbonyl (C=O) groups is 2. The van der Waals surface area contributed by atoms with Crippen LogP contribution in [0.15, 0.2) is 29.1 Å². The number of hydrogen-bond acceptors (Lipinski definition) is 4. The van der Waals surface area contributed by atoms with Crippen LogP contribution in [-0.4, -0.2) is 40.1 Å². The predicted molar refractivity (Wildman–Crippen MR) is 94.5 cm³/mol. The number of furan rings is 1. The average Bonchev–Trinajstić information content (AvgIpc) is 3.19. The third-order valence-electron chi connectivity index (χ3n) is 5.47. The Morgan fingerprint density at radius 3 is 2.85 bits per heavy atom. The summed E-state index contributed by atoms with van der Waals surface area (Å²) >= 11 is 0. The van der Waals surface area contributed by atoms with Gasteiger partial charge in [0.15, 0.2) is 0 Å². The Bertz CT molecular complexity index is 820. The van der Waals surface area contributed by atoms with Gasteiger partial charge in [-0.2, -0.15) is 5.10 Å². The zero-order valence-electron chi connectivity index (χ0n) is 15.1. The molecule has 0 unspecified atom stereocenters. The van der Waals surface area contributed by atoms with Gasteiger partial charge in [-0.3, -0.25) is 14.3 Å². The summed E-state index contributed by atoms with van der Waals surface area (Å²) in [5.74, 6) is 1.40. The molecule has 2 atom stereocenters. The quantitative estimate of drug-likeness (QED) is 0.891. The van der Waals surface area contributed by atoms with Crippen molar-refractivity contribution in [2.75, 3.05) is 13.6 Å². The molecule has 138 valence electrons. The van der Waals surface area contributed by atoms with E-state index in [-0.39, 0.29) is 23.8 Å². The van der Waals surface area contributed by atoms with E-state index >= 15 is 0 Å². The zero-order valence-corrected chi connectivity index (χ0v) is 15.1.